The second-order valence-electron chi connectivity index (χ2n) is 5.56. The summed E-state index contributed by atoms with van der Waals surface area (Å²) in [5, 5.41) is 3.51. The third-order valence-electron chi connectivity index (χ3n) is 4.27. The molecule has 1 rings (SSSR count). The van der Waals surface area contributed by atoms with Crippen LogP contribution in [-0.4, -0.2) is 41.8 Å². The van der Waals surface area contributed by atoms with Crippen molar-refractivity contribution >= 4 is 0 Å². The summed E-state index contributed by atoms with van der Waals surface area (Å²) in [6.07, 6.45) is -2.90. The predicted molar refractivity (Wildman–Crippen MR) is 67.6 cm³/mol. The van der Waals surface area contributed by atoms with Crippen LogP contribution in [0.15, 0.2) is 0 Å². The lowest BCUT2D eigenvalue weighted by Crippen LogP contribution is -2.65. The Morgan fingerprint density at radius 3 is 2.33 bits per heavy atom. The van der Waals surface area contributed by atoms with Crippen LogP contribution < -0.4 is 5.32 Å². The first kappa shape index (κ1) is 15.8. The summed E-state index contributed by atoms with van der Waals surface area (Å²) >= 11 is 0. The van der Waals surface area contributed by atoms with E-state index in [0.717, 1.165) is 19.4 Å². The van der Waals surface area contributed by atoms with Crippen molar-refractivity contribution in [2.24, 2.45) is 0 Å². The molecule has 0 aromatic carbocycles. The van der Waals surface area contributed by atoms with E-state index in [2.05, 4.69) is 19.2 Å². The topological polar surface area (TPSA) is 15.3 Å². The van der Waals surface area contributed by atoms with Crippen molar-refractivity contribution in [2.75, 3.05) is 13.1 Å². The summed E-state index contributed by atoms with van der Waals surface area (Å²) < 4.78 is 37.5. The maximum atomic E-state index is 12.5. The van der Waals surface area contributed by atoms with Gasteiger partial charge in [0, 0.05) is 30.7 Å². The molecule has 1 aliphatic heterocycles. The summed E-state index contributed by atoms with van der Waals surface area (Å²) in [4.78, 5) is 2.01. The first-order valence-corrected chi connectivity index (χ1v) is 6.80. The van der Waals surface area contributed by atoms with Gasteiger partial charge in [-0.05, 0) is 26.7 Å². The molecule has 2 atom stereocenters. The fraction of sp³-hybridized carbons (Fsp3) is 1.00. The number of hydrogen-bond acceptors (Lipinski definition) is 2. The van der Waals surface area contributed by atoms with Crippen molar-refractivity contribution in [2.45, 2.75) is 70.8 Å². The van der Waals surface area contributed by atoms with E-state index >= 15 is 0 Å². The molecule has 1 N–H and O–H groups in total. The van der Waals surface area contributed by atoms with Gasteiger partial charge in [0.2, 0.25) is 0 Å². The van der Waals surface area contributed by atoms with Crippen molar-refractivity contribution in [3.8, 4) is 0 Å². The van der Waals surface area contributed by atoms with Crippen LogP contribution in [0.5, 0.6) is 0 Å². The molecule has 2 unspecified atom stereocenters. The molecule has 0 saturated carbocycles. The Labute approximate surface area is 108 Å². The van der Waals surface area contributed by atoms with Crippen LogP contribution in [0.25, 0.3) is 0 Å². The van der Waals surface area contributed by atoms with Crippen molar-refractivity contribution in [3.05, 3.63) is 0 Å². The Bertz CT molecular complexity index is 261. The fourth-order valence-electron chi connectivity index (χ4n) is 2.81. The van der Waals surface area contributed by atoms with E-state index in [1.165, 1.54) is 0 Å². The highest BCUT2D eigenvalue weighted by Gasteiger charge is 2.40. The number of piperazine rings is 1. The largest absolute Gasteiger partial charge is 0.390 e. The fourth-order valence-corrected chi connectivity index (χ4v) is 2.81. The quantitative estimate of drug-likeness (QED) is 0.840. The molecule has 5 heteroatoms. The SMILES string of the molecule is CCC1(CC)CN(C(C)CC(F)(F)F)C(C)CN1. The average molecular weight is 266 g/mol. The van der Waals surface area contributed by atoms with Crippen molar-refractivity contribution in [1.82, 2.24) is 10.2 Å². The van der Waals surface area contributed by atoms with Crippen LogP contribution >= 0.6 is 0 Å². The third kappa shape index (κ3) is 3.85. The molecule has 0 bridgehead atoms. The second kappa shape index (κ2) is 5.78. The van der Waals surface area contributed by atoms with Gasteiger partial charge in [0.25, 0.3) is 0 Å². The molecule has 2 nitrogen and oxygen atoms in total. The lowest BCUT2D eigenvalue weighted by Gasteiger charge is -2.49. The number of alkyl halides is 3. The first-order valence-electron chi connectivity index (χ1n) is 6.80. The molecule has 1 fully saturated rings. The van der Waals surface area contributed by atoms with E-state index in [4.69, 9.17) is 0 Å². The van der Waals surface area contributed by atoms with E-state index in [0.29, 0.717) is 6.54 Å². The zero-order valence-electron chi connectivity index (χ0n) is 11.8. The van der Waals surface area contributed by atoms with E-state index in [-0.39, 0.29) is 11.6 Å². The van der Waals surface area contributed by atoms with Gasteiger partial charge in [0.05, 0.1) is 6.42 Å². The van der Waals surface area contributed by atoms with Crippen molar-refractivity contribution in [1.29, 1.82) is 0 Å². The molecular weight excluding hydrogens is 241 g/mol. The molecule has 0 amide bonds. The maximum Gasteiger partial charge on any atom is 0.390 e. The van der Waals surface area contributed by atoms with Crippen LogP contribution in [0, 0.1) is 0 Å². The molecule has 0 aromatic heterocycles. The van der Waals surface area contributed by atoms with Gasteiger partial charge in [0.15, 0.2) is 0 Å². The predicted octanol–water partition coefficient (Wildman–Crippen LogP) is 3.18. The summed E-state index contributed by atoms with van der Waals surface area (Å²) in [6, 6.07) is -0.284. The Balaban J connectivity index is 2.73. The van der Waals surface area contributed by atoms with Gasteiger partial charge < -0.3 is 5.32 Å². The molecule has 0 aromatic rings. The van der Waals surface area contributed by atoms with Crippen LogP contribution in [0.1, 0.15) is 47.0 Å². The van der Waals surface area contributed by atoms with Crippen molar-refractivity contribution in [3.63, 3.8) is 0 Å². The lowest BCUT2D eigenvalue weighted by atomic mass is 9.88. The average Bonchev–Trinajstić information content (AvgIpc) is 2.28. The standard InChI is InChI=1S/C13H25F3N2/c1-5-12(6-2)9-18(11(4)8-17-12)10(3)7-13(14,15)16/h10-11,17H,5-9H2,1-4H3. The summed E-state index contributed by atoms with van der Waals surface area (Å²) in [5.41, 5.74) is -0.0215. The normalized spacial score (nSPS) is 27.2. The highest BCUT2D eigenvalue weighted by molar-refractivity contribution is 4.97. The van der Waals surface area contributed by atoms with Gasteiger partial charge in [-0.25, -0.2) is 0 Å². The second-order valence-corrected chi connectivity index (χ2v) is 5.56. The van der Waals surface area contributed by atoms with Gasteiger partial charge in [-0.1, -0.05) is 13.8 Å². The van der Waals surface area contributed by atoms with E-state index in [9.17, 15) is 13.2 Å². The molecule has 0 radical (unpaired) electrons. The monoisotopic (exact) mass is 266 g/mol. The number of nitrogens with zero attached hydrogens (tertiary/aromatic N) is 1. The molecule has 0 spiro atoms. The van der Waals surface area contributed by atoms with E-state index in [1.54, 1.807) is 6.92 Å². The zero-order chi connectivity index (χ0) is 14.0. The van der Waals surface area contributed by atoms with Crippen LogP contribution in [0.4, 0.5) is 13.2 Å². The number of rotatable bonds is 4. The zero-order valence-corrected chi connectivity index (χ0v) is 11.8. The summed E-state index contributed by atoms with van der Waals surface area (Å²) in [6.45, 7) is 9.35. The minimum atomic E-state index is -4.08. The van der Waals surface area contributed by atoms with Gasteiger partial charge in [0.1, 0.15) is 0 Å². The smallest absolute Gasteiger partial charge is 0.308 e. The maximum absolute atomic E-state index is 12.5. The summed E-state index contributed by atoms with van der Waals surface area (Å²) in [5.74, 6) is 0. The number of nitrogens with one attached hydrogen (secondary N) is 1. The van der Waals surface area contributed by atoms with Gasteiger partial charge in [-0.2, -0.15) is 13.2 Å². The summed E-state index contributed by atoms with van der Waals surface area (Å²) in [7, 11) is 0. The molecule has 18 heavy (non-hydrogen) atoms. The number of halogens is 3. The van der Waals surface area contributed by atoms with Gasteiger partial charge >= 0.3 is 6.18 Å². The Morgan fingerprint density at radius 1 is 1.33 bits per heavy atom. The lowest BCUT2D eigenvalue weighted by molar-refractivity contribution is -0.150. The molecule has 1 heterocycles. The minimum absolute atomic E-state index is 0.0215. The molecule has 1 aliphatic rings. The Morgan fingerprint density at radius 2 is 1.89 bits per heavy atom. The molecule has 108 valence electrons. The minimum Gasteiger partial charge on any atom is -0.308 e. The molecule has 1 saturated heterocycles. The van der Waals surface area contributed by atoms with Crippen molar-refractivity contribution < 1.29 is 13.2 Å². The third-order valence-corrected chi connectivity index (χ3v) is 4.27. The highest BCUT2D eigenvalue weighted by Crippen LogP contribution is 2.29. The number of hydrogen-bond donors (Lipinski definition) is 1. The van der Waals surface area contributed by atoms with Crippen LogP contribution in [-0.2, 0) is 0 Å². The Kier molecular flexibility index (Phi) is 5.06. The highest BCUT2D eigenvalue weighted by atomic mass is 19.4. The molecular formula is C13H25F3N2. The Hall–Kier alpha value is -0.290. The van der Waals surface area contributed by atoms with E-state index in [1.807, 2.05) is 11.8 Å². The molecule has 0 aliphatic carbocycles. The van der Waals surface area contributed by atoms with Gasteiger partial charge in [-0.15, -0.1) is 0 Å². The first-order chi connectivity index (χ1) is 8.23. The van der Waals surface area contributed by atoms with Crippen LogP contribution in [0.2, 0.25) is 0 Å². The van der Waals surface area contributed by atoms with Gasteiger partial charge in [-0.3, -0.25) is 4.90 Å². The van der Waals surface area contributed by atoms with Crippen LogP contribution in [0.3, 0.4) is 0 Å². The van der Waals surface area contributed by atoms with E-state index < -0.39 is 18.6 Å².